The van der Waals surface area contributed by atoms with Gasteiger partial charge in [0.2, 0.25) is 5.91 Å². The van der Waals surface area contributed by atoms with Crippen molar-refractivity contribution in [1.82, 2.24) is 10.3 Å². The minimum Gasteiger partial charge on any atom is -0.392 e. The van der Waals surface area contributed by atoms with E-state index in [1.807, 2.05) is 19.1 Å². The number of nitrogens with zero attached hydrogens (tertiary/aromatic N) is 1. The summed E-state index contributed by atoms with van der Waals surface area (Å²) in [5, 5.41) is 18.7. The first-order chi connectivity index (χ1) is 22.1. The maximum absolute atomic E-state index is 13.2. The van der Waals surface area contributed by atoms with Crippen LogP contribution < -0.4 is 25.3 Å². The summed E-state index contributed by atoms with van der Waals surface area (Å²) in [7, 11) is 2.26. The number of morpholine rings is 1. The lowest BCUT2D eigenvalue weighted by Gasteiger charge is -2.53. The lowest BCUT2D eigenvalue weighted by Crippen LogP contribution is -3.26. The van der Waals surface area contributed by atoms with Gasteiger partial charge in [-0.3, -0.25) is 14.9 Å². The van der Waals surface area contributed by atoms with Crippen LogP contribution >= 0.6 is 11.3 Å². The number of carbonyl (C=O) groups excluding carboxylic acids is 2. The summed E-state index contributed by atoms with van der Waals surface area (Å²) in [6.45, 7) is 17.3. The zero-order valence-corrected chi connectivity index (χ0v) is 28.9. The number of aliphatic hydroxyl groups is 1. The molecule has 2 aliphatic carbocycles. The van der Waals surface area contributed by atoms with Gasteiger partial charge in [0.1, 0.15) is 45.8 Å². The summed E-state index contributed by atoms with van der Waals surface area (Å²) in [6, 6.07) is 8.01. The number of ether oxygens (including phenoxy) is 1. The smallest absolute Gasteiger partial charge is 0.257 e. The molecule has 2 amide bonds. The van der Waals surface area contributed by atoms with Crippen molar-refractivity contribution in [2.45, 2.75) is 58.6 Å². The number of hydrogen-bond acceptors (Lipinski definition) is 6. The molecule has 252 valence electrons. The highest BCUT2D eigenvalue weighted by Crippen LogP contribution is 2.57. The molecule has 0 radical (unpaired) electrons. The molecule has 0 spiro atoms. The van der Waals surface area contributed by atoms with Crippen LogP contribution in [0.4, 0.5) is 5.13 Å². The van der Waals surface area contributed by atoms with Gasteiger partial charge in [-0.25, -0.2) is 4.98 Å². The number of carbonyl (C=O) groups is 2. The average Bonchev–Trinajstić information content (AvgIpc) is 3.44. The highest BCUT2D eigenvalue weighted by atomic mass is 32.1. The summed E-state index contributed by atoms with van der Waals surface area (Å²) in [4.78, 5) is 37.2. The molecular formula is C35H55N6O4S+3. The van der Waals surface area contributed by atoms with Crippen LogP contribution in [0.25, 0.3) is 0 Å². The van der Waals surface area contributed by atoms with E-state index in [2.05, 4.69) is 43.7 Å². The summed E-state index contributed by atoms with van der Waals surface area (Å²) >= 11 is 1.57. The predicted octanol–water partition coefficient (Wildman–Crippen LogP) is -0.971. The lowest BCUT2D eigenvalue weighted by molar-refractivity contribution is -1.01. The highest BCUT2D eigenvalue weighted by Gasteiger charge is 2.54. The number of amides is 2. The molecule has 2 aliphatic heterocycles. The summed E-state index contributed by atoms with van der Waals surface area (Å²) in [6.07, 6.45) is 2.04. The Labute approximate surface area is 277 Å². The highest BCUT2D eigenvalue weighted by molar-refractivity contribution is 7.15. The van der Waals surface area contributed by atoms with E-state index in [1.165, 1.54) is 41.5 Å². The van der Waals surface area contributed by atoms with Crippen molar-refractivity contribution >= 4 is 28.3 Å². The number of rotatable bonds is 9. The summed E-state index contributed by atoms with van der Waals surface area (Å²) < 4.78 is 5.44. The van der Waals surface area contributed by atoms with Crippen LogP contribution in [-0.2, 0) is 22.5 Å². The first kappa shape index (κ1) is 33.5. The third kappa shape index (κ3) is 7.34. The number of anilines is 1. The van der Waals surface area contributed by atoms with E-state index < -0.39 is 6.10 Å². The number of aliphatic hydroxyl groups excluding tert-OH is 1. The van der Waals surface area contributed by atoms with Crippen molar-refractivity contribution < 1.29 is 34.1 Å². The average molecular weight is 656 g/mol. The number of aromatic nitrogens is 1. The lowest BCUT2D eigenvalue weighted by atomic mass is 9.53. The fourth-order valence-corrected chi connectivity index (χ4v) is 9.93. The van der Waals surface area contributed by atoms with Crippen molar-refractivity contribution in [2.75, 3.05) is 77.9 Å². The molecule has 3 heterocycles. The second-order valence-electron chi connectivity index (χ2n) is 14.9. The van der Waals surface area contributed by atoms with E-state index in [4.69, 9.17) is 9.72 Å². The third-order valence-corrected chi connectivity index (χ3v) is 12.6. The van der Waals surface area contributed by atoms with Crippen molar-refractivity contribution in [1.29, 1.82) is 0 Å². The zero-order valence-electron chi connectivity index (χ0n) is 28.1. The van der Waals surface area contributed by atoms with Gasteiger partial charge in [0.05, 0.1) is 45.1 Å². The maximum atomic E-state index is 13.2. The van der Waals surface area contributed by atoms with Gasteiger partial charge in [0.25, 0.3) is 5.91 Å². The largest absolute Gasteiger partial charge is 0.392 e. The number of piperazine rings is 1. The fraction of sp³-hybridized carbons (Fsp3) is 0.686. The normalized spacial score (nSPS) is 32.2. The van der Waals surface area contributed by atoms with Crippen molar-refractivity contribution in [3.63, 3.8) is 0 Å². The Morgan fingerprint density at radius 3 is 2.54 bits per heavy atom. The van der Waals surface area contributed by atoms with Gasteiger partial charge in [-0.05, 0) is 48.6 Å². The molecule has 1 aromatic heterocycles. The molecule has 0 bridgehead atoms. The van der Waals surface area contributed by atoms with Gasteiger partial charge in [-0.2, -0.15) is 0 Å². The SMILES string of the molecule is C[C@H](C(=O)NCC[NH+]1CCOCC1)[C@H]1CC[C@@]2(C)Cc3sc(NC(=O)c4ccc(C[NH+]5CC[NH+](C)CC5)cc4)nc3[C@@H](C)[C@@H]2[C@H]1O. The predicted molar refractivity (Wildman–Crippen MR) is 179 cm³/mol. The number of likely N-dealkylation sites (N-methyl/N-ethyl adjacent to an activating group) is 1. The molecule has 11 heteroatoms. The van der Waals surface area contributed by atoms with E-state index in [9.17, 15) is 14.7 Å². The quantitative estimate of drug-likeness (QED) is 0.208. The molecule has 10 nitrogen and oxygen atoms in total. The monoisotopic (exact) mass is 655 g/mol. The molecule has 4 aliphatic rings. The van der Waals surface area contributed by atoms with E-state index in [0.29, 0.717) is 17.2 Å². The first-order valence-electron chi connectivity index (χ1n) is 17.5. The molecule has 1 saturated carbocycles. The number of benzene rings is 1. The topological polar surface area (TPSA) is 114 Å². The van der Waals surface area contributed by atoms with Crippen LogP contribution in [0.15, 0.2) is 24.3 Å². The number of quaternary nitrogens is 3. The Morgan fingerprint density at radius 1 is 1.11 bits per heavy atom. The van der Waals surface area contributed by atoms with Crippen LogP contribution in [0.2, 0.25) is 0 Å². The molecule has 3 fully saturated rings. The third-order valence-electron chi connectivity index (χ3n) is 11.7. The minimum atomic E-state index is -0.584. The second-order valence-corrected chi connectivity index (χ2v) is 16.0. The number of thiazole rings is 1. The molecule has 2 aromatic rings. The van der Waals surface area contributed by atoms with Crippen molar-refractivity contribution in [2.24, 2.45) is 23.2 Å². The number of hydrogen-bond donors (Lipinski definition) is 6. The minimum absolute atomic E-state index is 0.00818. The van der Waals surface area contributed by atoms with Crippen LogP contribution in [0, 0.1) is 23.2 Å². The van der Waals surface area contributed by atoms with Crippen LogP contribution in [0.1, 0.15) is 66.0 Å². The van der Waals surface area contributed by atoms with Gasteiger partial charge in [0, 0.05) is 27.8 Å². The Morgan fingerprint density at radius 2 is 1.83 bits per heavy atom. The van der Waals surface area contributed by atoms with Crippen molar-refractivity contribution in [3.05, 3.63) is 46.0 Å². The van der Waals surface area contributed by atoms with Gasteiger partial charge < -0.3 is 29.9 Å². The number of nitrogens with one attached hydrogen (secondary N) is 5. The number of fused-ring (bicyclic) bond motifs is 2. The maximum Gasteiger partial charge on any atom is 0.257 e. The van der Waals surface area contributed by atoms with Crippen LogP contribution in [0.3, 0.4) is 0 Å². The van der Waals surface area contributed by atoms with Gasteiger partial charge in [-0.15, -0.1) is 11.3 Å². The Balaban J connectivity index is 1.06. The van der Waals surface area contributed by atoms with Gasteiger partial charge in [-0.1, -0.05) is 32.9 Å². The van der Waals surface area contributed by atoms with Gasteiger partial charge >= 0.3 is 0 Å². The summed E-state index contributed by atoms with van der Waals surface area (Å²) in [5.41, 5.74) is 2.81. The molecule has 6 rings (SSSR count). The fourth-order valence-electron chi connectivity index (χ4n) is 8.67. The molecule has 1 aromatic carbocycles. The van der Waals surface area contributed by atoms with E-state index >= 15 is 0 Å². The summed E-state index contributed by atoms with van der Waals surface area (Å²) in [5.74, 6) is -0.399. The van der Waals surface area contributed by atoms with Crippen LogP contribution in [0.5, 0.6) is 0 Å². The standard InChI is InChI=1S/C35H52N6O4S/c1-23(32(43)36-11-12-40-17-19-45-20-18-40)27-9-10-35(3)21-28-30(24(2)29(35)31(27)42)37-34(46-28)38-33(44)26-7-5-25(6-8-26)22-41-15-13-39(4)14-16-41/h5-8,23-24,27,29,31,42H,9-22H2,1-4H3,(H,36,43)(H,37,38,44)/p+3/t23-,24-,27+,29+,31-,35-/m0/s1. The first-order valence-corrected chi connectivity index (χ1v) is 18.3. The Bertz CT molecular complexity index is 1360. The molecule has 46 heavy (non-hydrogen) atoms. The zero-order chi connectivity index (χ0) is 32.4. The Hall–Kier alpha value is -2.41. The second kappa shape index (κ2) is 14.4. The van der Waals surface area contributed by atoms with E-state index in [1.54, 1.807) is 21.1 Å². The van der Waals surface area contributed by atoms with Crippen molar-refractivity contribution in [3.8, 4) is 0 Å². The van der Waals surface area contributed by atoms with Gasteiger partial charge in [0.15, 0.2) is 5.13 Å². The molecule has 6 N–H and O–H groups in total. The molecule has 2 saturated heterocycles. The molecule has 0 unspecified atom stereocenters. The van der Waals surface area contributed by atoms with E-state index in [-0.39, 0.29) is 40.9 Å². The van der Waals surface area contributed by atoms with Crippen LogP contribution in [-0.4, -0.2) is 101 Å². The van der Waals surface area contributed by atoms with E-state index in [0.717, 1.165) is 64.3 Å². The molecule has 6 atom stereocenters. The molecular weight excluding hydrogens is 600 g/mol. The Kier molecular flexibility index (Phi) is 10.5.